The number of carbonyl (C=O) groups is 2. The standard InChI is InChI=1S/C26H24FN3O6/c1-4-21(31)23(32)28-9-14-13-6-12(3)18(27)8-19(13)29-22-15(14)10-30-20(22)7-17-16(24(30)33)11-36-25(34)26(17,35)5-2/h4,6-8,21,31,35H,1,5,9-11H2,2-3H3,(H,28,32)/t21-,26+/m1/s1. The maximum atomic E-state index is 14.5. The highest BCUT2D eigenvalue weighted by atomic mass is 19.1. The Morgan fingerprint density at radius 2 is 2.11 bits per heavy atom. The highest BCUT2D eigenvalue weighted by molar-refractivity contribution is 5.90. The van der Waals surface area contributed by atoms with Gasteiger partial charge in [-0.3, -0.25) is 9.59 Å². The first-order chi connectivity index (χ1) is 17.1. The van der Waals surface area contributed by atoms with Gasteiger partial charge in [0, 0.05) is 29.1 Å². The molecule has 0 saturated heterocycles. The summed E-state index contributed by atoms with van der Waals surface area (Å²) < 4.78 is 21.1. The lowest BCUT2D eigenvalue weighted by molar-refractivity contribution is -0.172. The SMILES string of the molecule is C=C[C@@H](O)C(=O)NCc1c2c(nc3cc(F)c(C)cc13)-c1cc3c(c(=O)n1C2)COC(=O)[C@]3(O)CC. The van der Waals surface area contributed by atoms with Crippen molar-refractivity contribution < 1.29 is 28.9 Å². The van der Waals surface area contributed by atoms with Crippen molar-refractivity contribution in [1.29, 1.82) is 0 Å². The molecule has 0 bridgehead atoms. The van der Waals surface area contributed by atoms with Crippen molar-refractivity contribution in [3.05, 3.63) is 74.8 Å². The topological polar surface area (TPSA) is 131 Å². The molecule has 0 unspecified atom stereocenters. The molecule has 10 heteroatoms. The van der Waals surface area contributed by atoms with Crippen LogP contribution in [0.3, 0.4) is 0 Å². The van der Waals surface area contributed by atoms with Gasteiger partial charge >= 0.3 is 5.97 Å². The summed E-state index contributed by atoms with van der Waals surface area (Å²) in [5, 5.41) is 24.1. The van der Waals surface area contributed by atoms with Crippen LogP contribution in [0.1, 0.15) is 41.2 Å². The van der Waals surface area contributed by atoms with Crippen LogP contribution in [0.4, 0.5) is 4.39 Å². The molecular weight excluding hydrogens is 469 g/mol. The Bertz CT molecular complexity index is 1550. The second kappa shape index (κ2) is 8.35. The van der Waals surface area contributed by atoms with E-state index in [-0.39, 0.29) is 37.2 Å². The fourth-order valence-corrected chi connectivity index (χ4v) is 4.88. The minimum absolute atomic E-state index is 0.00708. The van der Waals surface area contributed by atoms with Gasteiger partial charge < -0.3 is 24.8 Å². The smallest absolute Gasteiger partial charge is 0.343 e. The van der Waals surface area contributed by atoms with Crippen molar-refractivity contribution in [2.24, 2.45) is 0 Å². The minimum atomic E-state index is -1.97. The van der Waals surface area contributed by atoms with E-state index in [1.807, 2.05) is 0 Å². The van der Waals surface area contributed by atoms with E-state index < -0.39 is 35.0 Å². The molecule has 3 N–H and O–H groups in total. The number of benzene rings is 1. The van der Waals surface area contributed by atoms with E-state index in [0.717, 1.165) is 6.08 Å². The molecule has 2 aliphatic rings. The second-order valence-corrected chi connectivity index (χ2v) is 9.04. The number of amides is 1. The molecule has 2 atom stereocenters. The Kier molecular flexibility index (Phi) is 5.53. The molecule has 2 aromatic heterocycles. The number of nitrogens with zero attached hydrogens (tertiary/aromatic N) is 2. The number of hydrogen-bond acceptors (Lipinski definition) is 7. The van der Waals surface area contributed by atoms with E-state index in [9.17, 15) is 29.0 Å². The Morgan fingerprint density at radius 1 is 1.36 bits per heavy atom. The quantitative estimate of drug-likeness (QED) is 0.285. The minimum Gasteiger partial charge on any atom is -0.458 e. The lowest BCUT2D eigenvalue weighted by Gasteiger charge is -2.31. The normalized spacial score (nSPS) is 18.8. The summed E-state index contributed by atoms with van der Waals surface area (Å²) in [6.07, 6.45) is -0.295. The molecule has 1 aromatic carbocycles. The first-order valence-electron chi connectivity index (χ1n) is 11.5. The Hall–Kier alpha value is -3.89. The van der Waals surface area contributed by atoms with Gasteiger partial charge in [-0.2, -0.15) is 0 Å². The number of carbonyl (C=O) groups excluding carboxylic acids is 2. The van der Waals surface area contributed by atoms with Gasteiger partial charge in [0.2, 0.25) is 0 Å². The van der Waals surface area contributed by atoms with Crippen molar-refractivity contribution in [1.82, 2.24) is 14.9 Å². The highest BCUT2D eigenvalue weighted by Gasteiger charge is 2.45. The molecule has 0 aliphatic carbocycles. The van der Waals surface area contributed by atoms with Crippen LogP contribution in [0, 0.1) is 12.7 Å². The van der Waals surface area contributed by atoms with Crippen LogP contribution in [0.15, 0.2) is 35.6 Å². The van der Waals surface area contributed by atoms with Gasteiger partial charge in [-0.1, -0.05) is 19.6 Å². The fourth-order valence-electron chi connectivity index (χ4n) is 4.88. The van der Waals surface area contributed by atoms with E-state index in [4.69, 9.17) is 4.74 Å². The van der Waals surface area contributed by atoms with Crippen LogP contribution in [-0.4, -0.2) is 37.7 Å². The second-order valence-electron chi connectivity index (χ2n) is 9.04. The number of rotatable bonds is 5. The Balaban J connectivity index is 1.74. The molecular formula is C26H24FN3O6. The molecule has 4 heterocycles. The predicted octanol–water partition coefficient (Wildman–Crippen LogP) is 1.69. The molecule has 186 valence electrons. The van der Waals surface area contributed by atoms with Crippen LogP contribution >= 0.6 is 0 Å². The first-order valence-corrected chi connectivity index (χ1v) is 11.5. The van der Waals surface area contributed by atoms with E-state index >= 15 is 0 Å². The van der Waals surface area contributed by atoms with E-state index in [2.05, 4.69) is 16.9 Å². The summed E-state index contributed by atoms with van der Waals surface area (Å²) >= 11 is 0. The third-order valence-corrected chi connectivity index (χ3v) is 7.02. The summed E-state index contributed by atoms with van der Waals surface area (Å²) in [5.41, 5.74) is 0.663. The number of aliphatic hydroxyl groups excluding tert-OH is 1. The average molecular weight is 493 g/mol. The van der Waals surface area contributed by atoms with Gasteiger partial charge in [-0.25, -0.2) is 14.2 Å². The number of ether oxygens (including phenoxy) is 1. The number of fused-ring (bicyclic) bond motifs is 5. The molecule has 0 radical (unpaired) electrons. The zero-order valence-electron chi connectivity index (χ0n) is 19.7. The molecule has 3 aromatic rings. The molecule has 9 nitrogen and oxygen atoms in total. The number of hydrogen-bond donors (Lipinski definition) is 3. The third-order valence-electron chi connectivity index (χ3n) is 7.02. The molecule has 0 fully saturated rings. The average Bonchev–Trinajstić information content (AvgIpc) is 3.23. The third kappa shape index (κ3) is 3.36. The number of halogens is 1. The van der Waals surface area contributed by atoms with E-state index in [1.54, 1.807) is 26.0 Å². The monoisotopic (exact) mass is 493 g/mol. The van der Waals surface area contributed by atoms with Gasteiger partial charge in [0.25, 0.3) is 11.5 Å². The number of aliphatic hydroxyl groups is 2. The summed E-state index contributed by atoms with van der Waals surface area (Å²) in [6, 6.07) is 4.48. The molecule has 2 aliphatic heterocycles. The van der Waals surface area contributed by atoms with Gasteiger partial charge in [-0.05, 0) is 36.6 Å². The zero-order valence-corrected chi connectivity index (χ0v) is 19.7. The van der Waals surface area contributed by atoms with E-state index in [1.165, 1.54) is 10.6 Å². The highest BCUT2D eigenvalue weighted by Crippen LogP contribution is 2.40. The number of nitrogens with one attached hydrogen (secondary N) is 1. The van der Waals surface area contributed by atoms with E-state index in [0.29, 0.717) is 39.0 Å². The largest absolute Gasteiger partial charge is 0.458 e. The van der Waals surface area contributed by atoms with Crippen molar-refractivity contribution >= 4 is 22.8 Å². The van der Waals surface area contributed by atoms with Crippen molar-refractivity contribution in [2.75, 3.05) is 0 Å². The van der Waals surface area contributed by atoms with Crippen molar-refractivity contribution in [2.45, 2.75) is 51.7 Å². The summed E-state index contributed by atoms with van der Waals surface area (Å²) in [7, 11) is 0. The predicted molar refractivity (Wildman–Crippen MR) is 127 cm³/mol. The molecule has 36 heavy (non-hydrogen) atoms. The molecule has 5 rings (SSSR count). The zero-order chi connectivity index (χ0) is 25.9. The number of aryl methyl sites for hydroxylation is 1. The van der Waals surface area contributed by atoms with Crippen LogP contribution in [0.25, 0.3) is 22.3 Å². The van der Waals surface area contributed by atoms with Crippen LogP contribution in [0.2, 0.25) is 0 Å². The number of cyclic esters (lactones) is 1. The van der Waals surface area contributed by atoms with Crippen LogP contribution in [-0.2, 0) is 39.6 Å². The first kappa shape index (κ1) is 23.8. The maximum absolute atomic E-state index is 14.5. The van der Waals surface area contributed by atoms with Crippen LogP contribution < -0.4 is 10.9 Å². The van der Waals surface area contributed by atoms with Crippen molar-refractivity contribution in [3.8, 4) is 11.4 Å². The lowest BCUT2D eigenvalue weighted by Crippen LogP contribution is -2.44. The summed E-state index contributed by atoms with van der Waals surface area (Å²) in [6.45, 7) is 6.48. The van der Waals surface area contributed by atoms with Crippen molar-refractivity contribution in [3.63, 3.8) is 0 Å². The Morgan fingerprint density at radius 3 is 2.81 bits per heavy atom. The van der Waals surface area contributed by atoms with Gasteiger partial charge in [-0.15, -0.1) is 0 Å². The van der Waals surface area contributed by atoms with Gasteiger partial charge in [0.1, 0.15) is 12.4 Å². The summed E-state index contributed by atoms with van der Waals surface area (Å²) in [4.78, 5) is 42.7. The Labute approximate surface area is 204 Å². The molecule has 1 amide bonds. The molecule has 0 spiro atoms. The fraction of sp³-hybridized carbons (Fsp3) is 0.308. The molecule has 0 saturated carbocycles. The number of pyridine rings is 2. The maximum Gasteiger partial charge on any atom is 0.343 e. The number of esters is 1. The van der Waals surface area contributed by atoms with Gasteiger partial charge in [0.15, 0.2) is 11.7 Å². The van der Waals surface area contributed by atoms with Gasteiger partial charge in [0.05, 0.1) is 29.0 Å². The lowest BCUT2D eigenvalue weighted by atomic mass is 9.86. The van der Waals surface area contributed by atoms with Crippen LogP contribution in [0.5, 0.6) is 0 Å². The number of aromatic nitrogens is 2. The summed E-state index contributed by atoms with van der Waals surface area (Å²) in [5.74, 6) is -1.95.